The summed E-state index contributed by atoms with van der Waals surface area (Å²) in [6, 6.07) is 0.436. The number of aromatic nitrogens is 2. The van der Waals surface area contributed by atoms with Gasteiger partial charge in [0.25, 0.3) is 0 Å². The Labute approximate surface area is 88.2 Å². The Kier molecular flexibility index (Phi) is 2.38. The Balaban J connectivity index is 2.44. The first-order valence-electron chi connectivity index (χ1n) is 5.13. The third-order valence-corrected chi connectivity index (χ3v) is 2.63. The van der Waals surface area contributed by atoms with E-state index < -0.39 is 5.97 Å². The number of nitrogens with two attached hydrogens (primary N) is 1. The van der Waals surface area contributed by atoms with Crippen molar-refractivity contribution >= 4 is 11.8 Å². The molecule has 2 rings (SSSR count). The lowest BCUT2D eigenvalue weighted by Crippen LogP contribution is -2.08. The summed E-state index contributed by atoms with van der Waals surface area (Å²) in [4.78, 5) is 15.6. The van der Waals surface area contributed by atoms with E-state index in [4.69, 9.17) is 5.73 Å². The maximum absolute atomic E-state index is 11.4. The zero-order valence-corrected chi connectivity index (χ0v) is 8.99. The largest absolute Gasteiger partial charge is 0.464 e. The van der Waals surface area contributed by atoms with Gasteiger partial charge in [0.1, 0.15) is 11.6 Å². The van der Waals surface area contributed by atoms with Crippen molar-refractivity contribution in [1.29, 1.82) is 0 Å². The Morgan fingerprint density at radius 1 is 1.67 bits per heavy atom. The van der Waals surface area contributed by atoms with Crippen LogP contribution in [-0.2, 0) is 11.2 Å². The molecule has 15 heavy (non-hydrogen) atoms. The van der Waals surface area contributed by atoms with E-state index in [-0.39, 0.29) is 5.69 Å². The van der Waals surface area contributed by atoms with Gasteiger partial charge in [0, 0.05) is 12.5 Å². The van der Waals surface area contributed by atoms with Crippen molar-refractivity contribution in [1.82, 2.24) is 9.55 Å². The smallest absolute Gasteiger partial charge is 0.360 e. The predicted molar refractivity (Wildman–Crippen MR) is 55.6 cm³/mol. The van der Waals surface area contributed by atoms with Crippen molar-refractivity contribution in [3.8, 4) is 0 Å². The maximum Gasteiger partial charge on any atom is 0.360 e. The number of carbonyl (C=O) groups is 1. The summed E-state index contributed by atoms with van der Waals surface area (Å²) in [5.74, 6) is 0.859. The Morgan fingerprint density at radius 3 is 2.80 bits per heavy atom. The average molecular weight is 209 g/mol. The molecule has 0 spiro atoms. The quantitative estimate of drug-likeness (QED) is 0.758. The van der Waals surface area contributed by atoms with Crippen LogP contribution >= 0.6 is 0 Å². The van der Waals surface area contributed by atoms with Crippen molar-refractivity contribution in [3.05, 3.63) is 11.5 Å². The number of imidazole rings is 1. The van der Waals surface area contributed by atoms with Crippen LogP contribution in [0, 0.1) is 0 Å². The Bertz CT molecular complexity index is 394. The molecule has 0 amide bonds. The van der Waals surface area contributed by atoms with Crippen molar-refractivity contribution in [2.24, 2.45) is 0 Å². The molecule has 5 heteroatoms. The minimum atomic E-state index is -0.457. The first-order chi connectivity index (χ1) is 7.19. The van der Waals surface area contributed by atoms with Gasteiger partial charge in [-0.3, -0.25) is 0 Å². The van der Waals surface area contributed by atoms with Crippen LogP contribution in [0.25, 0.3) is 0 Å². The fraction of sp³-hybridized carbons (Fsp3) is 0.600. The topological polar surface area (TPSA) is 70.1 Å². The van der Waals surface area contributed by atoms with E-state index in [2.05, 4.69) is 9.72 Å². The zero-order chi connectivity index (χ0) is 11.0. The number of nitrogen functional groups attached to an aromatic ring is 1. The fourth-order valence-electron chi connectivity index (χ4n) is 1.73. The standard InChI is InChI=1S/C10H15N3O2/c1-3-7-12-8(10(14)15-2)9(11)13(7)6-4-5-6/h6H,3-5,11H2,1-2H3. The van der Waals surface area contributed by atoms with Gasteiger partial charge in [-0.05, 0) is 12.8 Å². The van der Waals surface area contributed by atoms with Gasteiger partial charge >= 0.3 is 5.97 Å². The molecule has 0 aliphatic heterocycles. The SMILES string of the molecule is CCc1nc(C(=O)OC)c(N)n1C1CC1. The second-order valence-corrected chi connectivity index (χ2v) is 3.71. The molecule has 0 atom stereocenters. The molecule has 1 heterocycles. The van der Waals surface area contributed by atoms with Gasteiger partial charge in [-0.15, -0.1) is 0 Å². The molecule has 1 fully saturated rings. The normalized spacial score (nSPS) is 15.3. The van der Waals surface area contributed by atoms with Crippen LogP contribution in [0.3, 0.4) is 0 Å². The summed E-state index contributed by atoms with van der Waals surface area (Å²) in [6.07, 6.45) is 3.01. The second kappa shape index (κ2) is 3.56. The molecule has 0 bridgehead atoms. The highest BCUT2D eigenvalue weighted by molar-refractivity contribution is 5.92. The van der Waals surface area contributed by atoms with Crippen LogP contribution in [0.2, 0.25) is 0 Å². The molecule has 0 unspecified atom stereocenters. The van der Waals surface area contributed by atoms with E-state index in [1.165, 1.54) is 7.11 Å². The predicted octanol–water partition coefficient (Wildman–Crippen LogP) is 1.15. The number of hydrogen-bond acceptors (Lipinski definition) is 4. The molecule has 1 saturated carbocycles. The number of nitrogens with zero attached hydrogens (tertiary/aromatic N) is 2. The minimum Gasteiger partial charge on any atom is -0.464 e. The minimum absolute atomic E-state index is 0.251. The summed E-state index contributed by atoms with van der Waals surface area (Å²) in [5, 5.41) is 0. The summed E-state index contributed by atoms with van der Waals surface area (Å²) in [5.41, 5.74) is 6.15. The third-order valence-electron chi connectivity index (χ3n) is 2.63. The molecule has 0 aromatic carbocycles. The fourth-order valence-corrected chi connectivity index (χ4v) is 1.73. The lowest BCUT2D eigenvalue weighted by Gasteiger charge is -2.05. The van der Waals surface area contributed by atoms with Crippen molar-refractivity contribution < 1.29 is 9.53 Å². The Morgan fingerprint density at radius 2 is 2.33 bits per heavy atom. The number of methoxy groups -OCH3 is 1. The van der Waals surface area contributed by atoms with Crippen LogP contribution in [0.5, 0.6) is 0 Å². The van der Waals surface area contributed by atoms with E-state index in [9.17, 15) is 4.79 Å². The van der Waals surface area contributed by atoms with Crippen molar-refractivity contribution in [2.75, 3.05) is 12.8 Å². The number of ether oxygens (including phenoxy) is 1. The van der Waals surface area contributed by atoms with E-state index in [0.717, 1.165) is 25.1 Å². The number of esters is 1. The van der Waals surface area contributed by atoms with Crippen molar-refractivity contribution in [3.63, 3.8) is 0 Å². The average Bonchev–Trinajstić information content (AvgIpc) is 3.02. The monoisotopic (exact) mass is 209 g/mol. The van der Waals surface area contributed by atoms with Gasteiger partial charge in [-0.1, -0.05) is 6.92 Å². The molecular formula is C10H15N3O2. The highest BCUT2D eigenvalue weighted by atomic mass is 16.5. The van der Waals surface area contributed by atoms with Gasteiger partial charge in [0.2, 0.25) is 0 Å². The van der Waals surface area contributed by atoms with Crippen molar-refractivity contribution in [2.45, 2.75) is 32.2 Å². The molecular weight excluding hydrogens is 194 g/mol. The van der Waals surface area contributed by atoms with E-state index in [1.54, 1.807) is 0 Å². The lowest BCUT2D eigenvalue weighted by molar-refractivity contribution is 0.0595. The van der Waals surface area contributed by atoms with Gasteiger partial charge in [0.15, 0.2) is 5.69 Å². The molecule has 0 saturated heterocycles. The third kappa shape index (κ3) is 1.58. The second-order valence-electron chi connectivity index (χ2n) is 3.71. The van der Waals surface area contributed by atoms with Crippen LogP contribution < -0.4 is 5.73 Å². The van der Waals surface area contributed by atoms with Crippen LogP contribution in [0.15, 0.2) is 0 Å². The van der Waals surface area contributed by atoms with Gasteiger partial charge in [-0.25, -0.2) is 9.78 Å². The van der Waals surface area contributed by atoms with Crippen LogP contribution in [0.4, 0.5) is 5.82 Å². The first kappa shape index (κ1) is 10.0. The molecule has 2 N–H and O–H groups in total. The number of hydrogen-bond donors (Lipinski definition) is 1. The highest BCUT2D eigenvalue weighted by Gasteiger charge is 2.31. The lowest BCUT2D eigenvalue weighted by atomic mass is 10.4. The van der Waals surface area contributed by atoms with Crippen LogP contribution in [-0.4, -0.2) is 22.6 Å². The Hall–Kier alpha value is -1.52. The molecule has 1 aliphatic rings. The van der Waals surface area contributed by atoms with Crippen LogP contribution in [0.1, 0.15) is 42.1 Å². The van der Waals surface area contributed by atoms with E-state index in [0.29, 0.717) is 11.9 Å². The molecule has 1 aliphatic carbocycles. The number of aryl methyl sites for hydroxylation is 1. The molecule has 0 radical (unpaired) electrons. The highest BCUT2D eigenvalue weighted by Crippen LogP contribution is 2.39. The summed E-state index contributed by atoms with van der Waals surface area (Å²) < 4.78 is 6.60. The zero-order valence-electron chi connectivity index (χ0n) is 8.99. The number of carbonyl (C=O) groups excluding carboxylic acids is 1. The van der Waals surface area contributed by atoms with E-state index >= 15 is 0 Å². The molecule has 1 aromatic rings. The van der Waals surface area contributed by atoms with Gasteiger partial charge < -0.3 is 15.0 Å². The number of anilines is 1. The summed E-state index contributed by atoms with van der Waals surface area (Å²) in [6.45, 7) is 2.00. The summed E-state index contributed by atoms with van der Waals surface area (Å²) >= 11 is 0. The molecule has 82 valence electrons. The first-order valence-corrected chi connectivity index (χ1v) is 5.13. The van der Waals surface area contributed by atoms with Gasteiger partial charge in [-0.2, -0.15) is 0 Å². The molecule has 1 aromatic heterocycles. The number of rotatable bonds is 3. The summed E-state index contributed by atoms with van der Waals surface area (Å²) in [7, 11) is 1.34. The van der Waals surface area contributed by atoms with Gasteiger partial charge in [0.05, 0.1) is 7.11 Å². The van der Waals surface area contributed by atoms with E-state index in [1.807, 2.05) is 11.5 Å². The maximum atomic E-state index is 11.4. The molecule has 5 nitrogen and oxygen atoms in total.